The van der Waals surface area contributed by atoms with Gasteiger partial charge in [-0.1, -0.05) is 29.4 Å². The maximum Gasteiger partial charge on any atom is 0.328 e. The minimum absolute atomic E-state index is 0.410. The minimum atomic E-state index is -1.19. The largest absolute Gasteiger partial charge is 0.468 e. The van der Waals surface area contributed by atoms with E-state index in [0.29, 0.717) is 12.2 Å². The van der Waals surface area contributed by atoms with Crippen molar-refractivity contribution in [3.05, 3.63) is 35.4 Å². The van der Waals surface area contributed by atoms with Crippen LogP contribution in [-0.2, 0) is 24.7 Å². The second kappa shape index (κ2) is 7.33. The van der Waals surface area contributed by atoms with Gasteiger partial charge in [0.2, 0.25) is 0 Å². The summed E-state index contributed by atoms with van der Waals surface area (Å²) >= 11 is 0. The van der Waals surface area contributed by atoms with Crippen molar-refractivity contribution in [3.63, 3.8) is 0 Å². The number of imide groups is 1. The van der Waals surface area contributed by atoms with Crippen LogP contribution in [0, 0.1) is 0 Å². The summed E-state index contributed by atoms with van der Waals surface area (Å²) < 4.78 is 4.55. The molecule has 1 aromatic carbocycles. The average molecular weight is 347 g/mol. The number of oxime groups is 1. The van der Waals surface area contributed by atoms with E-state index in [1.54, 1.807) is 37.4 Å². The van der Waals surface area contributed by atoms with E-state index in [2.05, 4.69) is 9.89 Å². The lowest BCUT2D eigenvalue weighted by Crippen LogP contribution is -2.42. The van der Waals surface area contributed by atoms with Gasteiger partial charge in [0.1, 0.15) is 18.7 Å². The van der Waals surface area contributed by atoms with E-state index in [9.17, 15) is 14.4 Å². The second-order valence-corrected chi connectivity index (χ2v) is 5.66. The molecular formula is C17H21N3O5. The Morgan fingerprint density at radius 1 is 1.28 bits per heavy atom. The summed E-state index contributed by atoms with van der Waals surface area (Å²) in [5.41, 5.74) is 0.238. The molecule has 8 nitrogen and oxygen atoms in total. The normalized spacial score (nSPS) is 20.5. The number of urea groups is 1. The third kappa shape index (κ3) is 3.33. The molecule has 1 fully saturated rings. The van der Waals surface area contributed by atoms with Crippen molar-refractivity contribution >= 4 is 24.1 Å². The zero-order valence-corrected chi connectivity index (χ0v) is 14.7. The SMILES string of the molecule is CCO/N=C/c1ccc(C2(C)C(=O)N(CC(=O)OC)C(=O)N2C)cc1. The van der Waals surface area contributed by atoms with Crippen LogP contribution in [-0.4, -0.2) is 61.2 Å². The van der Waals surface area contributed by atoms with Gasteiger partial charge in [-0.25, -0.2) is 4.79 Å². The Balaban J connectivity index is 2.28. The second-order valence-electron chi connectivity index (χ2n) is 5.66. The smallest absolute Gasteiger partial charge is 0.328 e. The molecule has 8 heteroatoms. The maximum absolute atomic E-state index is 12.8. The number of amides is 3. The Hall–Kier alpha value is -2.90. The molecule has 0 bridgehead atoms. The molecule has 1 aliphatic rings. The Labute approximate surface area is 146 Å². The fourth-order valence-corrected chi connectivity index (χ4v) is 2.58. The van der Waals surface area contributed by atoms with Gasteiger partial charge in [-0.15, -0.1) is 0 Å². The number of nitrogens with zero attached hydrogens (tertiary/aromatic N) is 3. The van der Waals surface area contributed by atoms with Gasteiger partial charge in [0.25, 0.3) is 5.91 Å². The van der Waals surface area contributed by atoms with Crippen molar-refractivity contribution in [2.75, 3.05) is 27.3 Å². The van der Waals surface area contributed by atoms with Crippen LogP contribution in [0.3, 0.4) is 0 Å². The fourth-order valence-electron chi connectivity index (χ4n) is 2.58. The summed E-state index contributed by atoms with van der Waals surface area (Å²) in [5.74, 6) is -1.12. The average Bonchev–Trinajstić information content (AvgIpc) is 2.78. The van der Waals surface area contributed by atoms with Crippen LogP contribution in [0.4, 0.5) is 4.79 Å². The molecule has 3 amide bonds. The highest BCUT2D eigenvalue weighted by molar-refractivity contribution is 6.08. The quantitative estimate of drug-likeness (QED) is 0.335. The van der Waals surface area contributed by atoms with E-state index in [1.807, 2.05) is 6.92 Å². The molecule has 0 saturated carbocycles. The number of benzene rings is 1. The first-order chi connectivity index (χ1) is 11.9. The summed E-state index contributed by atoms with van der Waals surface area (Å²) in [4.78, 5) is 43.8. The van der Waals surface area contributed by atoms with Gasteiger partial charge < -0.3 is 14.5 Å². The fraction of sp³-hybridized carbons (Fsp3) is 0.412. The Kier molecular flexibility index (Phi) is 5.41. The Morgan fingerprint density at radius 2 is 1.92 bits per heavy atom. The summed E-state index contributed by atoms with van der Waals surface area (Å²) in [6.45, 7) is 3.55. The molecular weight excluding hydrogens is 326 g/mol. The molecule has 0 N–H and O–H groups in total. The van der Waals surface area contributed by atoms with Crippen LogP contribution < -0.4 is 0 Å². The first kappa shape index (κ1) is 18.4. The molecule has 1 saturated heterocycles. The number of likely N-dealkylation sites (N-methyl/N-ethyl adjacent to an activating group) is 1. The van der Waals surface area contributed by atoms with Crippen molar-refractivity contribution in [3.8, 4) is 0 Å². The summed E-state index contributed by atoms with van der Waals surface area (Å²) in [6.07, 6.45) is 1.56. The van der Waals surface area contributed by atoms with Gasteiger partial charge in [-0.2, -0.15) is 0 Å². The van der Waals surface area contributed by atoms with Gasteiger partial charge >= 0.3 is 12.0 Å². The highest BCUT2D eigenvalue weighted by Crippen LogP contribution is 2.35. The molecule has 0 aromatic heterocycles. The zero-order valence-electron chi connectivity index (χ0n) is 14.7. The van der Waals surface area contributed by atoms with Gasteiger partial charge in [0.05, 0.1) is 13.3 Å². The lowest BCUT2D eigenvalue weighted by molar-refractivity contribution is -0.145. The minimum Gasteiger partial charge on any atom is -0.468 e. The lowest BCUT2D eigenvalue weighted by Gasteiger charge is -2.29. The zero-order chi connectivity index (χ0) is 18.6. The molecule has 1 atom stereocenters. The number of rotatable bonds is 6. The number of hydrogen-bond acceptors (Lipinski definition) is 6. The number of ether oxygens (including phenoxy) is 1. The van der Waals surface area contributed by atoms with Crippen molar-refractivity contribution in [2.45, 2.75) is 19.4 Å². The number of esters is 1. The molecule has 2 rings (SSSR count). The maximum atomic E-state index is 12.8. The summed E-state index contributed by atoms with van der Waals surface area (Å²) in [6, 6.07) is 6.50. The van der Waals surface area contributed by atoms with Gasteiger partial charge in [0.15, 0.2) is 0 Å². The molecule has 25 heavy (non-hydrogen) atoms. The number of carbonyl (C=O) groups excluding carboxylic acids is 3. The highest BCUT2D eigenvalue weighted by atomic mass is 16.6. The molecule has 1 heterocycles. The monoisotopic (exact) mass is 347 g/mol. The molecule has 134 valence electrons. The van der Waals surface area contributed by atoms with Crippen LogP contribution in [0.1, 0.15) is 25.0 Å². The lowest BCUT2D eigenvalue weighted by atomic mass is 9.90. The van der Waals surface area contributed by atoms with Crippen molar-refractivity contribution < 1.29 is 24.0 Å². The Morgan fingerprint density at radius 3 is 2.48 bits per heavy atom. The third-order valence-corrected chi connectivity index (χ3v) is 4.24. The standard InChI is InChI=1S/C17H21N3O5/c1-5-25-18-10-12-6-8-13(9-7-12)17(2)15(22)20(11-14(21)24-4)16(23)19(17)3/h6-10H,5,11H2,1-4H3/b18-10+. The molecule has 1 unspecified atom stereocenters. The molecule has 0 spiro atoms. The first-order valence-electron chi connectivity index (χ1n) is 7.78. The van der Waals surface area contributed by atoms with E-state index in [1.165, 1.54) is 19.1 Å². The van der Waals surface area contributed by atoms with E-state index < -0.39 is 30.0 Å². The van der Waals surface area contributed by atoms with E-state index in [0.717, 1.165) is 10.5 Å². The molecule has 1 aromatic rings. The van der Waals surface area contributed by atoms with E-state index in [4.69, 9.17) is 4.84 Å². The number of carbonyl (C=O) groups is 3. The highest BCUT2D eigenvalue weighted by Gasteiger charge is 2.54. The topological polar surface area (TPSA) is 88.5 Å². The predicted molar refractivity (Wildman–Crippen MR) is 89.9 cm³/mol. The summed E-state index contributed by atoms with van der Waals surface area (Å²) in [5, 5.41) is 3.78. The molecule has 1 aliphatic heterocycles. The molecule has 0 aliphatic carbocycles. The van der Waals surface area contributed by atoms with Gasteiger partial charge in [-0.05, 0) is 25.0 Å². The number of hydrogen-bond donors (Lipinski definition) is 0. The van der Waals surface area contributed by atoms with Crippen LogP contribution in [0.2, 0.25) is 0 Å². The summed E-state index contributed by atoms with van der Waals surface area (Å²) in [7, 11) is 2.74. The predicted octanol–water partition coefficient (Wildman–Crippen LogP) is 1.34. The Bertz CT molecular complexity index is 701. The molecule has 0 radical (unpaired) electrons. The van der Waals surface area contributed by atoms with Crippen LogP contribution in [0.15, 0.2) is 29.4 Å². The van der Waals surface area contributed by atoms with Crippen molar-refractivity contribution in [2.24, 2.45) is 5.16 Å². The van der Waals surface area contributed by atoms with E-state index in [-0.39, 0.29) is 0 Å². The first-order valence-corrected chi connectivity index (χ1v) is 7.78. The number of methoxy groups -OCH3 is 1. The van der Waals surface area contributed by atoms with Gasteiger partial charge in [-0.3, -0.25) is 14.5 Å². The van der Waals surface area contributed by atoms with Gasteiger partial charge in [0, 0.05) is 7.05 Å². The van der Waals surface area contributed by atoms with Crippen LogP contribution >= 0.6 is 0 Å². The van der Waals surface area contributed by atoms with Crippen molar-refractivity contribution in [1.82, 2.24) is 9.80 Å². The third-order valence-electron chi connectivity index (χ3n) is 4.24. The van der Waals surface area contributed by atoms with E-state index >= 15 is 0 Å². The van der Waals surface area contributed by atoms with Crippen LogP contribution in [0.5, 0.6) is 0 Å². The van der Waals surface area contributed by atoms with Crippen LogP contribution in [0.25, 0.3) is 0 Å². The van der Waals surface area contributed by atoms with Crippen molar-refractivity contribution in [1.29, 1.82) is 0 Å².